The lowest BCUT2D eigenvalue weighted by Crippen LogP contribution is -2.02. The summed E-state index contributed by atoms with van der Waals surface area (Å²) < 4.78 is 0. The smallest absolute Gasteiger partial charge is 0.0817 e. The van der Waals surface area contributed by atoms with E-state index in [-0.39, 0.29) is 0 Å². The molecule has 8 aromatic rings. The predicted molar refractivity (Wildman–Crippen MR) is 187 cm³/mol. The van der Waals surface area contributed by atoms with Gasteiger partial charge in [-0.3, -0.25) is 4.98 Å². The van der Waals surface area contributed by atoms with Gasteiger partial charge in [0.25, 0.3) is 0 Å². The van der Waals surface area contributed by atoms with Crippen LogP contribution in [0.5, 0.6) is 0 Å². The molecular formula is C43H25N3. The molecule has 46 heavy (non-hydrogen) atoms. The van der Waals surface area contributed by atoms with Gasteiger partial charge >= 0.3 is 0 Å². The van der Waals surface area contributed by atoms with Crippen LogP contribution in [0.15, 0.2) is 162 Å². The van der Waals surface area contributed by atoms with E-state index in [4.69, 9.17) is 15.0 Å². The van der Waals surface area contributed by atoms with Gasteiger partial charge in [-0.2, -0.15) is 0 Å². The first-order valence-electron chi connectivity index (χ1n) is 15.6. The Morgan fingerprint density at radius 1 is 0.413 bits per heavy atom. The fourth-order valence-electron chi connectivity index (χ4n) is 7.46. The molecule has 3 heterocycles. The summed E-state index contributed by atoms with van der Waals surface area (Å²) >= 11 is 0. The zero-order chi connectivity index (χ0) is 30.2. The van der Waals surface area contributed by atoms with Crippen LogP contribution in [-0.4, -0.2) is 4.98 Å². The van der Waals surface area contributed by atoms with E-state index in [2.05, 4.69) is 140 Å². The van der Waals surface area contributed by atoms with Crippen LogP contribution in [-0.2, 0) is 0 Å². The van der Waals surface area contributed by atoms with Gasteiger partial charge in [-0.15, -0.1) is 0 Å². The van der Waals surface area contributed by atoms with Gasteiger partial charge in [-0.05, 0) is 74.6 Å². The van der Waals surface area contributed by atoms with Gasteiger partial charge in [0.15, 0.2) is 0 Å². The minimum atomic E-state index is 0.929. The van der Waals surface area contributed by atoms with Crippen molar-refractivity contribution in [1.82, 2.24) is 4.98 Å². The zero-order valence-electron chi connectivity index (χ0n) is 24.8. The molecule has 212 valence electrons. The van der Waals surface area contributed by atoms with E-state index in [0.717, 1.165) is 77.2 Å². The molecule has 0 atom stereocenters. The lowest BCUT2D eigenvalue weighted by molar-refractivity contribution is 1.33. The Bertz CT molecular complexity index is 2790. The van der Waals surface area contributed by atoms with E-state index in [0.29, 0.717) is 0 Å². The lowest BCUT2D eigenvalue weighted by Gasteiger charge is -2.22. The van der Waals surface area contributed by atoms with Gasteiger partial charge in [0.1, 0.15) is 0 Å². The fourth-order valence-corrected chi connectivity index (χ4v) is 7.46. The largest absolute Gasteiger partial charge is 0.256 e. The minimum absolute atomic E-state index is 0.929. The van der Waals surface area contributed by atoms with Crippen LogP contribution in [0.2, 0.25) is 0 Å². The molecule has 3 heteroatoms. The van der Waals surface area contributed by atoms with Crippen LogP contribution < -0.4 is 10.7 Å². The van der Waals surface area contributed by atoms with E-state index in [1.165, 1.54) is 21.5 Å². The molecule has 2 aliphatic rings. The second-order valence-electron chi connectivity index (χ2n) is 11.9. The van der Waals surface area contributed by atoms with Gasteiger partial charge in [-0.25, -0.2) is 9.98 Å². The number of rotatable bonds is 3. The third kappa shape index (κ3) is 3.57. The van der Waals surface area contributed by atoms with E-state index < -0.39 is 0 Å². The van der Waals surface area contributed by atoms with Crippen molar-refractivity contribution in [3.63, 3.8) is 0 Å². The highest BCUT2D eigenvalue weighted by Gasteiger charge is 2.30. The third-order valence-electron chi connectivity index (χ3n) is 9.44. The summed E-state index contributed by atoms with van der Waals surface area (Å²) in [5.74, 6) is 0. The van der Waals surface area contributed by atoms with Crippen LogP contribution in [0, 0.1) is 10.4 Å². The number of aromatic nitrogens is 1. The Balaban J connectivity index is 1.42. The number of para-hydroxylation sites is 1. The highest BCUT2D eigenvalue weighted by atomic mass is 14.8. The molecule has 10 rings (SSSR count). The Kier molecular flexibility index (Phi) is 5.28. The van der Waals surface area contributed by atoms with Gasteiger partial charge in [0.2, 0.25) is 0 Å². The molecule has 0 radical (unpaired) electrons. The second-order valence-corrected chi connectivity index (χ2v) is 11.9. The first kappa shape index (κ1) is 25.2. The number of fused-ring (bicyclic) bond motifs is 9. The van der Waals surface area contributed by atoms with Gasteiger partial charge < -0.3 is 0 Å². The molecule has 7 aromatic carbocycles. The summed E-state index contributed by atoms with van der Waals surface area (Å²) in [5.41, 5.74) is 10.7. The first-order chi connectivity index (χ1) is 22.8. The van der Waals surface area contributed by atoms with Crippen molar-refractivity contribution in [1.29, 1.82) is 0 Å². The van der Waals surface area contributed by atoms with Gasteiger partial charge in [0, 0.05) is 38.9 Å². The summed E-state index contributed by atoms with van der Waals surface area (Å²) in [6.45, 7) is 0. The third-order valence-corrected chi connectivity index (χ3v) is 9.44. The Morgan fingerprint density at radius 2 is 1.24 bits per heavy atom. The maximum atomic E-state index is 5.31. The monoisotopic (exact) mass is 583 g/mol. The normalized spacial score (nSPS) is 12.3. The maximum absolute atomic E-state index is 5.31. The van der Waals surface area contributed by atoms with E-state index in [1.54, 1.807) is 0 Å². The van der Waals surface area contributed by atoms with Crippen molar-refractivity contribution in [2.24, 2.45) is 9.98 Å². The Labute approximate surface area is 264 Å². The molecule has 0 bridgehead atoms. The number of hydrogen-bond acceptors (Lipinski definition) is 3. The van der Waals surface area contributed by atoms with E-state index in [1.807, 2.05) is 12.3 Å². The molecule has 0 N–H and O–H groups in total. The van der Waals surface area contributed by atoms with Crippen molar-refractivity contribution in [2.45, 2.75) is 0 Å². The maximum Gasteiger partial charge on any atom is 0.0817 e. The molecule has 3 nitrogen and oxygen atoms in total. The van der Waals surface area contributed by atoms with Crippen molar-refractivity contribution in [3.8, 4) is 44.6 Å². The van der Waals surface area contributed by atoms with Crippen molar-refractivity contribution in [3.05, 3.63) is 173 Å². The first-order valence-corrected chi connectivity index (χ1v) is 15.6. The summed E-state index contributed by atoms with van der Waals surface area (Å²) in [4.78, 5) is 15.5. The number of nitrogens with zero attached hydrogens (tertiary/aromatic N) is 3. The molecular weight excluding hydrogens is 558 g/mol. The summed E-state index contributed by atoms with van der Waals surface area (Å²) in [6.07, 6.45) is 1.89. The zero-order valence-corrected chi connectivity index (χ0v) is 24.8. The molecule has 0 aliphatic carbocycles. The topological polar surface area (TPSA) is 37.6 Å². The summed E-state index contributed by atoms with van der Waals surface area (Å²) in [5, 5.41) is 9.18. The summed E-state index contributed by atoms with van der Waals surface area (Å²) in [6, 6.07) is 51.7. The molecule has 0 fully saturated rings. The Morgan fingerprint density at radius 3 is 2.15 bits per heavy atom. The molecule has 0 saturated heterocycles. The van der Waals surface area contributed by atoms with Gasteiger partial charge in [0.05, 0.1) is 27.8 Å². The van der Waals surface area contributed by atoms with Crippen molar-refractivity contribution >= 4 is 32.9 Å². The number of benzene rings is 7. The van der Waals surface area contributed by atoms with E-state index >= 15 is 0 Å². The van der Waals surface area contributed by atoms with Crippen LogP contribution in [0.4, 0.5) is 11.4 Å². The number of hydrogen-bond donors (Lipinski definition) is 0. The van der Waals surface area contributed by atoms with Crippen LogP contribution >= 0.6 is 0 Å². The lowest BCUT2D eigenvalue weighted by atomic mass is 9.81. The molecule has 0 amide bonds. The van der Waals surface area contributed by atoms with Crippen LogP contribution in [0.3, 0.4) is 0 Å². The standard InChI is InChI=1S/C43H25N3/c1-2-11-26(12-3-1)34-25-38-41(42-37(45-38)23-22-33-31-15-6-7-18-35(31)46-43(33)42)40(39(34)36-19-8-9-24-44-36)32-17-10-16-29-28-14-5-4-13-27(28)20-21-30(29)32/h1-25H. The average Bonchev–Trinajstić information content (AvgIpc) is 3.69. The SMILES string of the molecule is c1ccc(-c2cc3c(c(-c4cccc5c4ccc4ccccc45)c2-c2ccccn2)-c2c4c(ccc2=N3)=c2ccccc2=N4)cc1. The second kappa shape index (κ2) is 9.65. The van der Waals surface area contributed by atoms with Crippen molar-refractivity contribution in [2.75, 3.05) is 0 Å². The Hall–Kier alpha value is -6.19. The highest BCUT2D eigenvalue weighted by Crippen LogP contribution is 2.53. The minimum Gasteiger partial charge on any atom is -0.256 e. The fraction of sp³-hybridized carbons (Fsp3) is 0. The van der Waals surface area contributed by atoms with Crippen LogP contribution in [0.25, 0.3) is 66.2 Å². The summed E-state index contributed by atoms with van der Waals surface area (Å²) in [7, 11) is 0. The average molecular weight is 584 g/mol. The molecule has 0 unspecified atom stereocenters. The van der Waals surface area contributed by atoms with Crippen LogP contribution in [0.1, 0.15) is 0 Å². The van der Waals surface area contributed by atoms with Gasteiger partial charge in [-0.1, -0.05) is 109 Å². The highest BCUT2D eigenvalue weighted by molar-refractivity contribution is 6.17. The van der Waals surface area contributed by atoms with Crippen molar-refractivity contribution < 1.29 is 0 Å². The van der Waals surface area contributed by atoms with E-state index in [9.17, 15) is 0 Å². The molecule has 0 saturated carbocycles. The molecule has 0 spiro atoms. The quantitative estimate of drug-likeness (QED) is 0.191. The number of pyridine rings is 1. The molecule has 1 aromatic heterocycles. The predicted octanol–water partition coefficient (Wildman–Crippen LogP) is 9.87. The molecule has 2 aliphatic heterocycles.